The molecule has 0 heterocycles. The Hall–Kier alpha value is -0.900. The molecule has 3 aliphatic rings. The van der Waals surface area contributed by atoms with Gasteiger partial charge in [0.05, 0.1) is 17.8 Å². The van der Waals surface area contributed by atoms with Gasteiger partial charge in [0.2, 0.25) is 0 Å². The second kappa shape index (κ2) is 9.30. The van der Waals surface area contributed by atoms with Crippen LogP contribution in [-0.2, 0) is 0 Å². The Balaban J connectivity index is 1.69. The van der Waals surface area contributed by atoms with Gasteiger partial charge < -0.3 is 15.3 Å². The molecule has 30 heavy (non-hydrogen) atoms. The highest BCUT2D eigenvalue weighted by Gasteiger charge is 2.50. The molecule has 3 fully saturated rings. The van der Waals surface area contributed by atoms with Crippen LogP contribution in [0.25, 0.3) is 0 Å². The van der Waals surface area contributed by atoms with Gasteiger partial charge in [-0.2, -0.15) is 0 Å². The minimum absolute atomic E-state index is 0.120. The van der Waals surface area contributed by atoms with Crippen LogP contribution in [-0.4, -0.2) is 33.1 Å². The van der Waals surface area contributed by atoms with Crippen molar-refractivity contribution < 1.29 is 23.5 Å². The lowest BCUT2D eigenvalue weighted by molar-refractivity contribution is 0.0596. The van der Waals surface area contributed by atoms with E-state index in [1.165, 1.54) is 5.57 Å². The molecule has 2 unspecified atom stereocenters. The topological polar surface area (TPSA) is 60.7 Å². The zero-order valence-electron chi connectivity index (χ0n) is 24.7. The van der Waals surface area contributed by atoms with Crippen molar-refractivity contribution in [3.05, 3.63) is 35.5 Å². The van der Waals surface area contributed by atoms with Crippen molar-refractivity contribution >= 4 is 0 Å². The monoisotopic (exact) mass is 422 g/mol. The van der Waals surface area contributed by atoms with E-state index in [0.717, 1.165) is 37.7 Å². The highest BCUT2D eigenvalue weighted by atomic mass is 16.3. The van der Waals surface area contributed by atoms with Gasteiger partial charge in [0.25, 0.3) is 0 Å². The summed E-state index contributed by atoms with van der Waals surface area (Å²) in [5, 5.41) is 30.8. The van der Waals surface area contributed by atoms with Gasteiger partial charge in [0.1, 0.15) is 0 Å². The third-order valence-electron chi connectivity index (χ3n) is 8.19. The fourth-order valence-corrected chi connectivity index (χ4v) is 6.56. The molecule has 0 bridgehead atoms. The van der Waals surface area contributed by atoms with Crippen LogP contribution in [0.1, 0.15) is 100.0 Å². The SMILES string of the molecule is [2H]C([2H])([2H])C(O)(CCC[C@@H](C)C1CCC2/C(=C/C=C3/C[C@@H](O)C[C@H](O)C3=C)CCC[C@@]21C)C([2H])([2H])[2H]. The number of fused-ring (bicyclic) bond motifs is 1. The van der Waals surface area contributed by atoms with Crippen LogP contribution in [0.5, 0.6) is 0 Å². The Kier molecular flexibility index (Phi) is 5.18. The second-order valence-electron chi connectivity index (χ2n) is 10.4. The summed E-state index contributed by atoms with van der Waals surface area (Å²) in [5.74, 6) is 1.18. The van der Waals surface area contributed by atoms with Crippen molar-refractivity contribution in [1.82, 2.24) is 0 Å². The molecule has 0 aromatic heterocycles. The van der Waals surface area contributed by atoms with E-state index < -0.39 is 31.5 Å². The lowest BCUT2D eigenvalue weighted by Gasteiger charge is -2.44. The summed E-state index contributed by atoms with van der Waals surface area (Å²) in [6, 6.07) is 0. The summed E-state index contributed by atoms with van der Waals surface area (Å²) in [5.41, 5.74) is 0.463. The highest BCUT2D eigenvalue weighted by molar-refractivity contribution is 5.38. The first-order valence-corrected chi connectivity index (χ1v) is 11.7. The van der Waals surface area contributed by atoms with E-state index in [-0.39, 0.29) is 11.8 Å². The van der Waals surface area contributed by atoms with Crippen LogP contribution in [0.4, 0.5) is 0 Å². The standard InChI is InChI=1S/C27H44O3/c1-18(8-6-14-26(3,4)30)23-12-13-24-20(9-7-15-27(23,24)5)10-11-21-16-22(28)17-25(29)19(21)2/h10-11,18,22-25,28-30H,2,6-9,12-17H2,1,3-5H3/b20-10+,21-11-/t18-,22-,23?,24?,25+,27-/m1/s1/i3D3,4D3. The summed E-state index contributed by atoms with van der Waals surface area (Å²) >= 11 is 0. The van der Waals surface area contributed by atoms with Crippen molar-refractivity contribution in [3.63, 3.8) is 0 Å². The lowest BCUT2D eigenvalue weighted by atomic mass is 9.60. The molecule has 3 heteroatoms. The summed E-state index contributed by atoms with van der Waals surface area (Å²) in [4.78, 5) is 0. The maximum atomic E-state index is 10.6. The van der Waals surface area contributed by atoms with Crippen molar-refractivity contribution in [2.45, 2.75) is 110 Å². The summed E-state index contributed by atoms with van der Waals surface area (Å²) in [6.07, 6.45) is 10.0. The molecule has 0 radical (unpaired) electrons. The van der Waals surface area contributed by atoms with Gasteiger partial charge in [0.15, 0.2) is 0 Å². The maximum absolute atomic E-state index is 10.6. The van der Waals surface area contributed by atoms with Gasteiger partial charge in [-0.25, -0.2) is 0 Å². The van der Waals surface area contributed by atoms with Crippen LogP contribution in [0.3, 0.4) is 0 Å². The number of aliphatic hydroxyl groups is 3. The third-order valence-corrected chi connectivity index (χ3v) is 8.19. The summed E-state index contributed by atoms with van der Waals surface area (Å²) < 4.78 is 45.6. The largest absolute Gasteiger partial charge is 0.393 e. The van der Waals surface area contributed by atoms with Gasteiger partial charge in [-0.15, -0.1) is 0 Å². The van der Waals surface area contributed by atoms with Gasteiger partial charge >= 0.3 is 0 Å². The van der Waals surface area contributed by atoms with Crippen molar-refractivity contribution in [1.29, 1.82) is 0 Å². The number of rotatable bonds is 6. The van der Waals surface area contributed by atoms with E-state index in [1.54, 1.807) is 0 Å². The van der Waals surface area contributed by atoms with E-state index >= 15 is 0 Å². The van der Waals surface area contributed by atoms with Crippen molar-refractivity contribution in [3.8, 4) is 0 Å². The van der Waals surface area contributed by atoms with Crippen molar-refractivity contribution in [2.75, 3.05) is 0 Å². The average Bonchev–Trinajstić information content (AvgIpc) is 3.11. The Morgan fingerprint density at radius 2 is 2.07 bits per heavy atom. The molecule has 0 saturated heterocycles. The van der Waals surface area contributed by atoms with Gasteiger partial charge in [-0.3, -0.25) is 0 Å². The van der Waals surface area contributed by atoms with E-state index in [4.69, 9.17) is 8.22 Å². The summed E-state index contributed by atoms with van der Waals surface area (Å²) in [7, 11) is 0. The molecule has 0 aromatic rings. The molecule has 3 saturated carbocycles. The predicted octanol–water partition coefficient (Wildman–Crippen LogP) is 5.70. The average molecular weight is 423 g/mol. The van der Waals surface area contributed by atoms with Crippen LogP contribution < -0.4 is 0 Å². The molecule has 0 spiro atoms. The Morgan fingerprint density at radius 3 is 2.80 bits per heavy atom. The first-order valence-electron chi connectivity index (χ1n) is 14.7. The molecular formula is C27H44O3. The quantitative estimate of drug-likeness (QED) is 0.514. The molecule has 0 aromatic carbocycles. The number of hydrogen-bond acceptors (Lipinski definition) is 3. The molecule has 3 aliphatic carbocycles. The molecular weight excluding hydrogens is 372 g/mol. The van der Waals surface area contributed by atoms with Crippen LogP contribution in [0.2, 0.25) is 0 Å². The second-order valence-corrected chi connectivity index (χ2v) is 10.4. The predicted molar refractivity (Wildman–Crippen MR) is 124 cm³/mol. The number of hydrogen-bond donors (Lipinski definition) is 3. The Morgan fingerprint density at radius 1 is 1.30 bits per heavy atom. The molecule has 0 aliphatic heterocycles. The maximum Gasteiger partial charge on any atom is 0.0811 e. The minimum atomic E-state index is -2.96. The molecule has 3 N–H and O–H groups in total. The zero-order chi connectivity index (χ0) is 27.1. The van der Waals surface area contributed by atoms with Gasteiger partial charge in [0, 0.05) is 14.6 Å². The molecule has 0 amide bonds. The molecule has 170 valence electrons. The van der Waals surface area contributed by atoms with E-state index in [0.29, 0.717) is 49.0 Å². The highest BCUT2D eigenvalue weighted by Crippen LogP contribution is 2.60. The fourth-order valence-electron chi connectivity index (χ4n) is 6.56. The minimum Gasteiger partial charge on any atom is -0.393 e. The molecule has 3 rings (SSSR count). The van der Waals surface area contributed by atoms with Crippen LogP contribution in [0.15, 0.2) is 35.5 Å². The van der Waals surface area contributed by atoms with E-state index in [2.05, 4.69) is 26.5 Å². The number of aliphatic hydroxyl groups excluding tert-OH is 2. The Bertz CT molecular complexity index is 860. The summed E-state index contributed by atoms with van der Waals surface area (Å²) in [6.45, 7) is 2.64. The smallest absolute Gasteiger partial charge is 0.0811 e. The van der Waals surface area contributed by atoms with Crippen LogP contribution in [0, 0.1) is 23.2 Å². The third kappa shape index (κ3) is 5.29. The molecule has 3 nitrogen and oxygen atoms in total. The van der Waals surface area contributed by atoms with Crippen LogP contribution >= 0.6 is 0 Å². The molecule has 6 atom stereocenters. The first-order chi connectivity index (χ1) is 16.5. The van der Waals surface area contributed by atoms with Gasteiger partial charge in [-0.1, -0.05) is 51.0 Å². The number of allylic oxidation sites excluding steroid dienone is 3. The van der Waals surface area contributed by atoms with E-state index in [9.17, 15) is 15.3 Å². The van der Waals surface area contributed by atoms with E-state index in [1.807, 2.05) is 6.08 Å². The first kappa shape index (κ1) is 16.7. The normalized spacial score (nSPS) is 42.6. The zero-order valence-corrected chi connectivity index (χ0v) is 18.7. The Labute approximate surface area is 192 Å². The fraction of sp³-hybridized carbons (Fsp3) is 0.778. The van der Waals surface area contributed by atoms with Gasteiger partial charge in [-0.05, 0) is 93.0 Å². The van der Waals surface area contributed by atoms with Crippen molar-refractivity contribution in [2.24, 2.45) is 23.2 Å². The lowest BCUT2D eigenvalue weighted by Crippen LogP contribution is -2.36.